The minimum Gasteiger partial charge on any atom is -0.357 e. The Kier molecular flexibility index (Phi) is 4.37. The van der Waals surface area contributed by atoms with Crippen molar-refractivity contribution in [1.82, 2.24) is 4.98 Å². The van der Waals surface area contributed by atoms with Crippen molar-refractivity contribution in [3.05, 3.63) is 23.9 Å². The molecular weight excluding hydrogens is 210 g/mol. The summed E-state index contributed by atoms with van der Waals surface area (Å²) in [5, 5.41) is 0. The molecule has 94 valence electrons. The molecule has 1 aliphatic heterocycles. The van der Waals surface area contributed by atoms with Crippen LogP contribution in [0.1, 0.15) is 31.7 Å². The van der Waals surface area contributed by atoms with Crippen LogP contribution < -0.4 is 10.6 Å². The molecule has 1 aromatic rings. The smallest absolute Gasteiger partial charge is 0.128 e. The Bertz CT molecular complexity index is 326. The van der Waals surface area contributed by atoms with Gasteiger partial charge in [-0.25, -0.2) is 4.98 Å². The molecule has 0 amide bonds. The maximum absolute atomic E-state index is 5.53. The SMILES string of the molecule is CCC1CCN(c2ccc(CCN)cn2)CC1. The Hall–Kier alpha value is -1.09. The molecule has 0 unspecified atom stereocenters. The maximum Gasteiger partial charge on any atom is 0.128 e. The molecule has 3 heteroatoms. The van der Waals surface area contributed by atoms with Gasteiger partial charge in [0.2, 0.25) is 0 Å². The predicted molar refractivity (Wildman–Crippen MR) is 72.2 cm³/mol. The van der Waals surface area contributed by atoms with Crippen LogP contribution in [0.5, 0.6) is 0 Å². The lowest BCUT2D eigenvalue weighted by molar-refractivity contribution is 0.394. The fourth-order valence-electron chi connectivity index (χ4n) is 2.49. The summed E-state index contributed by atoms with van der Waals surface area (Å²) in [6, 6.07) is 4.29. The van der Waals surface area contributed by atoms with Crippen LogP contribution in [0.3, 0.4) is 0 Å². The Morgan fingerprint density at radius 1 is 1.35 bits per heavy atom. The summed E-state index contributed by atoms with van der Waals surface area (Å²) >= 11 is 0. The predicted octanol–water partition coefficient (Wildman–Crippen LogP) is 2.21. The minimum absolute atomic E-state index is 0.697. The van der Waals surface area contributed by atoms with E-state index < -0.39 is 0 Å². The standard InChI is InChI=1S/C14H23N3/c1-2-12-6-9-17(10-7-12)14-4-3-13(5-8-15)11-16-14/h3-4,11-12H,2,5-10,15H2,1H3. The fraction of sp³-hybridized carbons (Fsp3) is 0.643. The first-order chi connectivity index (χ1) is 8.33. The molecule has 0 saturated carbocycles. The van der Waals surface area contributed by atoms with Crippen molar-refractivity contribution < 1.29 is 0 Å². The number of aromatic nitrogens is 1. The number of pyridine rings is 1. The molecule has 1 fully saturated rings. The average molecular weight is 233 g/mol. The van der Waals surface area contributed by atoms with E-state index in [-0.39, 0.29) is 0 Å². The van der Waals surface area contributed by atoms with Gasteiger partial charge in [0.1, 0.15) is 5.82 Å². The molecule has 1 aromatic heterocycles. The average Bonchev–Trinajstić information content (AvgIpc) is 2.40. The van der Waals surface area contributed by atoms with Gasteiger partial charge in [-0.1, -0.05) is 19.4 Å². The number of hydrogen-bond acceptors (Lipinski definition) is 3. The first-order valence-electron chi connectivity index (χ1n) is 6.73. The van der Waals surface area contributed by atoms with Crippen LogP contribution in [0, 0.1) is 5.92 Å². The fourth-order valence-corrected chi connectivity index (χ4v) is 2.49. The van der Waals surface area contributed by atoms with E-state index in [0.29, 0.717) is 6.54 Å². The summed E-state index contributed by atoms with van der Waals surface area (Å²) in [7, 11) is 0. The van der Waals surface area contributed by atoms with Gasteiger partial charge < -0.3 is 10.6 Å². The maximum atomic E-state index is 5.53. The van der Waals surface area contributed by atoms with Crippen LogP contribution in [-0.4, -0.2) is 24.6 Å². The van der Waals surface area contributed by atoms with Crippen molar-refractivity contribution in [2.45, 2.75) is 32.6 Å². The lowest BCUT2D eigenvalue weighted by Gasteiger charge is -2.32. The summed E-state index contributed by atoms with van der Waals surface area (Å²) in [4.78, 5) is 6.94. The van der Waals surface area contributed by atoms with E-state index in [0.717, 1.165) is 31.2 Å². The summed E-state index contributed by atoms with van der Waals surface area (Å²) in [6.45, 7) is 5.30. The van der Waals surface area contributed by atoms with Gasteiger partial charge >= 0.3 is 0 Å². The lowest BCUT2D eigenvalue weighted by atomic mass is 9.94. The molecule has 0 radical (unpaired) electrons. The van der Waals surface area contributed by atoms with Gasteiger partial charge in [-0.15, -0.1) is 0 Å². The Morgan fingerprint density at radius 2 is 2.12 bits per heavy atom. The third kappa shape index (κ3) is 3.19. The molecule has 0 atom stereocenters. The van der Waals surface area contributed by atoms with Crippen LogP contribution in [0.25, 0.3) is 0 Å². The van der Waals surface area contributed by atoms with Crippen molar-refractivity contribution >= 4 is 5.82 Å². The minimum atomic E-state index is 0.697. The molecule has 2 rings (SSSR count). The van der Waals surface area contributed by atoms with Crippen molar-refractivity contribution in [2.24, 2.45) is 11.7 Å². The normalized spacial score (nSPS) is 17.4. The van der Waals surface area contributed by atoms with Crippen LogP contribution in [0.4, 0.5) is 5.82 Å². The second-order valence-corrected chi connectivity index (χ2v) is 4.90. The van der Waals surface area contributed by atoms with E-state index in [1.807, 2.05) is 6.20 Å². The van der Waals surface area contributed by atoms with E-state index in [9.17, 15) is 0 Å². The molecule has 2 N–H and O–H groups in total. The highest BCUT2D eigenvalue weighted by Gasteiger charge is 2.18. The quantitative estimate of drug-likeness (QED) is 0.867. The summed E-state index contributed by atoms with van der Waals surface area (Å²) in [6.07, 6.45) is 6.82. The molecule has 1 saturated heterocycles. The van der Waals surface area contributed by atoms with Crippen molar-refractivity contribution in [3.8, 4) is 0 Å². The lowest BCUT2D eigenvalue weighted by Crippen LogP contribution is -2.34. The largest absolute Gasteiger partial charge is 0.357 e. The number of rotatable bonds is 4. The van der Waals surface area contributed by atoms with E-state index in [2.05, 4.69) is 28.9 Å². The zero-order valence-electron chi connectivity index (χ0n) is 10.7. The molecule has 17 heavy (non-hydrogen) atoms. The molecule has 0 aliphatic carbocycles. The van der Waals surface area contributed by atoms with E-state index >= 15 is 0 Å². The number of nitrogens with two attached hydrogens (primary N) is 1. The first-order valence-corrected chi connectivity index (χ1v) is 6.73. The monoisotopic (exact) mass is 233 g/mol. The second kappa shape index (κ2) is 6.01. The van der Waals surface area contributed by atoms with Gasteiger partial charge in [0.05, 0.1) is 0 Å². The van der Waals surface area contributed by atoms with E-state index in [1.165, 1.54) is 24.8 Å². The Labute approximate surface area is 104 Å². The van der Waals surface area contributed by atoms with Gasteiger partial charge in [-0.3, -0.25) is 0 Å². The summed E-state index contributed by atoms with van der Waals surface area (Å²) in [5.74, 6) is 2.04. The topological polar surface area (TPSA) is 42.1 Å². The third-order valence-corrected chi connectivity index (χ3v) is 3.76. The molecule has 0 spiro atoms. The second-order valence-electron chi connectivity index (χ2n) is 4.90. The molecule has 0 aromatic carbocycles. The molecule has 3 nitrogen and oxygen atoms in total. The number of anilines is 1. The molecular formula is C14H23N3. The summed E-state index contributed by atoms with van der Waals surface area (Å²) in [5.41, 5.74) is 6.77. The molecule has 0 bridgehead atoms. The Balaban J connectivity index is 1.94. The van der Waals surface area contributed by atoms with Crippen LogP contribution in [-0.2, 0) is 6.42 Å². The first kappa shape index (κ1) is 12.4. The van der Waals surface area contributed by atoms with Crippen LogP contribution in [0.2, 0.25) is 0 Å². The molecule has 2 heterocycles. The van der Waals surface area contributed by atoms with Crippen molar-refractivity contribution in [1.29, 1.82) is 0 Å². The molecule has 1 aliphatic rings. The van der Waals surface area contributed by atoms with Gasteiger partial charge in [-0.2, -0.15) is 0 Å². The highest BCUT2D eigenvalue weighted by Crippen LogP contribution is 2.23. The number of piperidine rings is 1. The zero-order chi connectivity index (χ0) is 12.1. The zero-order valence-corrected chi connectivity index (χ0v) is 10.7. The highest BCUT2D eigenvalue weighted by atomic mass is 15.2. The number of hydrogen-bond donors (Lipinski definition) is 1. The van der Waals surface area contributed by atoms with Crippen LogP contribution in [0.15, 0.2) is 18.3 Å². The van der Waals surface area contributed by atoms with Gasteiger partial charge in [0.15, 0.2) is 0 Å². The van der Waals surface area contributed by atoms with Gasteiger partial charge in [0, 0.05) is 19.3 Å². The van der Waals surface area contributed by atoms with Crippen molar-refractivity contribution in [2.75, 3.05) is 24.5 Å². The van der Waals surface area contributed by atoms with Gasteiger partial charge in [-0.05, 0) is 43.4 Å². The van der Waals surface area contributed by atoms with Crippen LogP contribution >= 0.6 is 0 Å². The third-order valence-electron chi connectivity index (χ3n) is 3.76. The Morgan fingerprint density at radius 3 is 2.65 bits per heavy atom. The van der Waals surface area contributed by atoms with E-state index in [1.54, 1.807) is 0 Å². The van der Waals surface area contributed by atoms with Crippen molar-refractivity contribution in [3.63, 3.8) is 0 Å². The number of nitrogens with zero attached hydrogens (tertiary/aromatic N) is 2. The highest BCUT2D eigenvalue weighted by molar-refractivity contribution is 5.39. The van der Waals surface area contributed by atoms with Gasteiger partial charge in [0.25, 0.3) is 0 Å². The van der Waals surface area contributed by atoms with E-state index in [4.69, 9.17) is 5.73 Å². The summed E-state index contributed by atoms with van der Waals surface area (Å²) < 4.78 is 0.